The quantitative estimate of drug-likeness (QED) is 0.795. The predicted molar refractivity (Wildman–Crippen MR) is 80.1 cm³/mol. The Morgan fingerprint density at radius 2 is 1.95 bits per heavy atom. The molecule has 0 aromatic heterocycles. The van der Waals surface area contributed by atoms with Crippen LogP contribution < -0.4 is 0 Å². The molecule has 2 unspecified atom stereocenters. The first kappa shape index (κ1) is 14.1. The van der Waals surface area contributed by atoms with E-state index in [-0.39, 0.29) is 17.3 Å². The summed E-state index contributed by atoms with van der Waals surface area (Å²) in [4.78, 5) is 6.82. The van der Waals surface area contributed by atoms with E-state index >= 15 is 0 Å². The molecule has 0 bridgehead atoms. The monoisotopic (exact) mass is 297 g/mol. The molecule has 2 fully saturated rings. The van der Waals surface area contributed by atoms with Crippen LogP contribution in [0.4, 0.5) is 0 Å². The molecule has 0 radical (unpaired) electrons. The summed E-state index contributed by atoms with van der Waals surface area (Å²) in [5, 5.41) is -0.131. The minimum absolute atomic E-state index is 0.0426. The summed E-state index contributed by atoms with van der Waals surface area (Å²) >= 11 is 0. The number of aliphatic imine (C=N–C) groups is 1. The van der Waals surface area contributed by atoms with Crippen molar-refractivity contribution in [3.63, 3.8) is 0 Å². The summed E-state index contributed by atoms with van der Waals surface area (Å²) < 4.78 is 26.4. The fourth-order valence-corrected chi connectivity index (χ4v) is 4.92. The molecule has 0 amide bonds. The van der Waals surface area contributed by atoms with Gasteiger partial charge in [0, 0.05) is 31.8 Å². The Morgan fingerprint density at radius 3 is 2.55 bits per heavy atom. The molecule has 1 saturated heterocycles. The SMILES string of the molecule is CC1=NC(C)C(C)=C2CC(N(C)S(=O)(=O)C3CC3)CN12. The molecule has 3 aliphatic rings. The second kappa shape index (κ2) is 4.56. The number of sulfonamides is 1. The molecule has 5 nitrogen and oxygen atoms in total. The van der Waals surface area contributed by atoms with E-state index in [0.29, 0.717) is 0 Å². The maximum Gasteiger partial charge on any atom is 0.217 e. The van der Waals surface area contributed by atoms with Crippen molar-refractivity contribution in [1.82, 2.24) is 9.21 Å². The summed E-state index contributed by atoms with van der Waals surface area (Å²) in [6.45, 7) is 6.96. The van der Waals surface area contributed by atoms with Crippen LogP contribution in [0.1, 0.15) is 40.0 Å². The number of hydrogen-bond acceptors (Lipinski definition) is 4. The fraction of sp³-hybridized carbons (Fsp3) is 0.786. The van der Waals surface area contributed by atoms with Crippen molar-refractivity contribution in [1.29, 1.82) is 0 Å². The zero-order valence-electron chi connectivity index (χ0n) is 12.6. The van der Waals surface area contributed by atoms with Crippen molar-refractivity contribution >= 4 is 15.9 Å². The molecule has 20 heavy (non-hydrogen) atoms. The van der Waals surface area contributed by atoms with E-state index in [1.807, 2.05) is 6.92 Å². The molecule has 1 saturated carbocycles. The van der Waals surface area contributed by atoms with Gasteiger partial charge in [-0.05, 0) is 39.2 Å². The van der Waals surface area contributed by atoms with Gasteiger partial charge in [0.1, 0.15) is 5.84 Å². The van der Waals surface area contributed by atoms with E-state index in [2.05, 4.69) is 23.7 Å². The summed E-state index contributed by atoms with van der Waals surface area (Å²) in [6, 6.07) is 0.256. The van der Waals surface area contributed by atoms with Crippen LogP contribution in [0.5, 0.6) is 0 Å². The Bertz CT molecular complexity index is 590. The van der Waals surface area contributed by atoms with Crippen molar-refractivity contribution in [2.45, 2.75) is 57.4 Å². The van der Waals surface area contributed by atoms with E-state index in [1.165, 1.54) is 11.3 Å². The van der Waals surface area contributed by atoms with Gasteiger partial charge in [-0.2, -0.15) is 4.31 Å². The lowest BCUT2D eigenvalue weighted by Crippen LogP contribution is -2.41. The smallest absolute Gasteiger partial charge is 0.217 e. The van der Waals surface area contributed by atoms with Crippen LogP contribution in [0, 0.1) is 0 Å². The molecule has 112 valence electrons. The van der Waals surface area contributed by atoms with Gasteiger partial charge in [-0.15, -0.1) is 0 Å². The molecule has 2 atom stereocenters. The van der Waals surface area contributed by atoms with Crippen molar-refractivity contribution in [2.75, 3.05) is 13.6 Å². The Labute approximate surface area is 121 Å². The van der Waals surface area contributed by atoms with Gasteiger partial charge in [0.15, 0.2) is 0 Å². The van der Waals surface area contributed by atoms with E-state index in [1.54, 1.807) is 11.4 Å². The maximum atomic E-state index is 12.4. The zero-order chi connectivity index (χ0) is 14.7. The molecular formula is C14H23N3O2S. The van der Waals surface area contributed by atoms with Crippen molar-refractivity contribution in [2.24, 2.45) is 4.99 Å². The van der Waals surface area contributed by atoms with Crippen molar-refractivity contribution < 1.29 is 8.42 Å². The number of likely N-dealkylation sites (N-methyl/N-ethyl adjacent to an activating group) is 1. The third-order valence-corrected chi connectivity index (χ3v) is 7.28. The van der Waals surface area contributed by atoms with Gasteiger partial charge in [0.05, 0.1) is 11.3 Å². The van der Waals surface area contributed by atoms with Crippen LogP contribution in [-0.4, -0.2) is 54.4 Å². The van der Waals surface area contributed by atoms with Crippen LogP contribution >= 0.6 is 0 Å². The third-order valence-electron chi connectivity index (χ3n) is 4.86. The first-order valence-electron chi connectivity index (χ1n) is 7.30. The average molecular weight is 297 g/mol. The number of nitrogens with zero attached hydrogens (tertiary/aromatic N) is 3. The van der Waals surface area contributed by atoms with Gasteiger partial charge in [0.25, 0.3) is 0 Å². The molecule has 0 N–H and O–H groups in total. The lowest BCUT2D eigenvalue weighted by atomic mass is 10.0. The molecule has 0 spiro atoms. The lowest BCUT2D eigenvalue weighted by molar-refractivity contribution is 0.369. The lowest BCUT2D eigenvalue weighted by Gasteiger charge is -2.29. The zero-order valence-corrected chi connectivity index (χ0v) is 13.4. The number of hydrogen-bond donors (Lipinski definition) is 0. The number of rotatable bonds is 3. The van der Waals surface area contributed by atoms with Crippen LogP contribution in [0.3, 0.4) is 0 Å². The minimum Gasteiger partial charge on any atom is -0.332 e. The molecule has 0 aromatic rings. The second-order valence-corrected chi connectivity index (χ2v) is 8.48. The highest BCUT2D eigenvalue weighted by molar-refractivity contribution is 7.90. The van der Waals surface area contributed by atoms with Crippen molar-refractivity contribution in [3.8, 4) is 0 Å². The topological polar surface area (TPSA) is 53.0 Å². The van der Waals surface area contributed by atoms with Gasteiger partial charge < -0.3 is 4.90 Å². The third kappa shape index (κ3) is 2.09. The highest BCUT2D eigenvalue weighted by atomic mass is 32.2. The minimum atomic E-state index is -3.10. The Morgan fingerprint density at radius 1 is 1.30 bits per heavy atom. The molecular weight excluding hydrogens is 274 g/mol. The molecule has 3 rings (SSSR count). The second-order valence-electron chi connectivity index (χ2n) is 6.21. The molecule has 6 heteroatoms. The van der Waals surface area contributed by atoms with Gasteiger partial charge >= 0.3 is 0 Å². The Kier molecular flexibility index (Phi) is 3.21. The Hall–Kier alpha value is -0.880. The summed E-state index contributed by atoms with van der Waals surface area (Å²) in [7, 11) is -1.36. The molecule has 1 aliphatic carbocycles. The number of fused-ring (bicyclic) bond motifs is 1. The van der Waals surface area contributed by atoms with E-state index < -0.39 is 10.0 Å². The fourth-order valence-electron chi connectivity index (χ4n) is 3.16. The summed E-state index contributed by atoms with van der Waals surface area (Å²) in [5.41, 5.74) is 2.54. The van der Waals surface area contributed by atoms with E-state index in [0.717, 1.165) is 31.6 Å². The first-order chi connectivity index (χ1) is 9.32. The standard InChI is InChI=1S/C14H23N3O2S/c1-9-10(2)15-11(3)17-8-12(7-14(9)17)16(4)20(18,19)13-5-6-13/h10,12-13H,5-8H2,1-4H3. The summed E-state index contributed by atoms with van der Waals surface area (Å²) in [6.07, 6.45) is 2.45. The highest BCUT2D eigenvalue weighted by Gasteiger charge is 2.44. The van der Waals surface area contributed by atoms with Crippen LogP contribution in [0.25, 0.3) is 0 Å². The van der Waals surface area contributed by atoms with Gasteiger partial charge in [-0.3, -0.25) is 4.99 Å². The maximum absolute atomic E-state index is 12.4. The number of amidine groups is 1. The van der Waals surface area contributed by atoms with Crippen LogP contribution in [0.2, 0.25) is 0 Å². The van der Waals surface area contributed by atoms with Crippen LogP contribution in [0.15, 0.2) is 16.3 Å². The first-order valence-corrected chi connectivity index (χ1v) is 8.81. The average Bonchev–Trinajstić information content (AvgIpc) is 3.15. The predicted octanol–water partition coefficient (Wildman–Crippen LogP) is 1.58. The van der Waals surface area contributed by atoms with E-state index in [4.69, 9.17) is 0 Å². The van der Waals surface area contributed by atoms with Crippen LogP contribution in [-0.2, 0) is 10.0 Å². The highest BCUT2D eigenvalue weighted by Crippen LogP contribution is 2.37. The van der Waals surface area contributed by atoms with Crippen molar-refractivity contribution in [3.05, 3.63) is 11.3 Å². The molecule has 2 heterocycles. The normalized spacial score (nSPS) is 30.9. The molecule has 0 aromatic carbocycles. The largest absolute Gasteiger partial charge is 0.332 e. The summed E-state index contributed by atoms with van der Waals surface area (Å²) in [5.74, 6) is 1.01. The van der Waals surface area contributed by atoms with Gasteiger partial charge in [-0.1, -0.05) is 0 Å². The Balaban J connectivity index is 1.84. The molecule has 2 aliphatic heterocycles. The van der Waals surface area contributed by atoms with Gasteiger partial charge in [0.2, 0.25) is 10.0 Å². The van der Waals surface area contributed by atoms with Gasteiger partial charge in [-0.25, -0.2) is 8.42 Å². The van der Waals surface area contributed by atoms with E-state index in [9.17, 15) is 8.42 Å².